The first kappa shape index (κ1) is 18.9. The maximum Gasteiger partial charge on any atom is 0.137 e. The molecule has 4 aromatic rings. The van der Waals surface area contributed by atoms with Crippen LogP contribution in [0, 0.1) is 0 Å². The van der Waals surface area contributed by atoms with Gasteiger partial charge in [0.15, 0.2) is 0 Å². The van der Waals surface area contributed by atoms with Gasteiger partial charge >= 0.3 is 0 Å². The van der Waals surface area contributed by atoms with Gasteiger partial charge in [-0.3, -0.25) is 4.90 Å². The molecule has 1 aliphatic heterocycles. The average Bonchev–Trinajstić information content (AvgIpc) is 3.18. The summed E-state index contributed by atoms with van der Waals surface area (Å²) in [6, 6.07) is 23.0. The zero-order valence-electron chi connectivity index (χ0n) is 17.2. The molecule has 2 aromatic carbocycles. The highest BCUT2D eigenvalue weighted by Crippen LogP contribution is 2.29. The lowest BCUT2D eigenvalue weighted by Gasteiger charge is -2.27. The van der Waals surface area contributed by atoms with E-state index in [9.17, 15) is 0 Å². The van der Waals surface area contributed by atoms with Crippen molar-refractivity contribution in [3.8, 4) is 28.1 Å². The molecule has 2 aromatic heterocycles. The molecule has 0 unspecified atom stereocenters. The standard InChI is InChI=1S/C25H26N4O/c1-30-22-10-7-20(8-11-22)25-23(18-28-15-13-26-14-16-28)29-17-21(9-12-24(29)27-25)19-5-3-2-4-6-19/h2-12,17,26H,13-16,18H2,1H3. The third kappa shape index (κ3) is 3.70. The van der Waals surface area contributed by atoms with E-state index in [-0.39, 0.29) is 0 Å². The topological polar surface area (TPSA) is 41.8 Å². The van der Waals surface area contributed by atoms with Gasteiger partial charge in [0.2, 0.25) is 0 Å². The van der Waals surface area contributed by atoms with E-state index in [4.69, 9.17) is 9.72 Å². The van der Waals surface area contributed by atoms with Crippen molar-refractivity contribution in [2.24, 2.45) is 0 Å². The number of pyridine rings is 1. The first-order valence-electron chi connectivity index (χ1n) is 10.5. The number of benzene rings is 2. The second-order valence-corrected chi connectivity index (χ2v) is 7.67. The van der Waals surface area contributed by atoms with Crippen molar-refractivity contribution in [3.63, 3.8) is 0 Å². The van der Waals surface area contributed by atoms with Crippen molar-refractivity contribution in [2.45, 2.75) is 6.54 Å². The number of hydrogen-bond acceptors (Lipinski definition) is 4. The summed E-state index contributed by atoms with van der Waals surface area (Å²) in [7, 11) is 1.70. The number of imidazole rings is 1. The molecule has 0 saturated carbocycles. The fourth-order valence-corrected chi connectivity index (χ4v) is 4.11. The largest absolute Gasteiger partial charge is 0.497 e. The zero-order chi connectivity index (χ0) is 20.3. The molecule has 5 nitrogen and oxygen atoms in total. The van der Waals surface area contributed by atoms with Crippen LogP contribution in [0.3, 0.4) is 0 Å². The number of nitrogens with one attached hydrogen (secondary N) is 1. The lowest BCUT2D eigenvalue weighted by Crippen LogP contribution is -2.43. The van der Waals surface area contributed by atoms with Gasteiger partial charge in [0, 0.05) is 44.5 Å². The lowest BCUT2D eigenvalue weighted by molar-refractivity contribution is 0.230. The SMILES string of the molecule is COc1ccc(-c2nc3ccc(-c4ccccc4)cn3c2CN2CCNCC2)cc1. The molecule has 1 N–H and O–H groups in total. The Bertz CT molecular complexity index is 1130. The lowest BCUT2D eigenvalue weighted by atomic mass is 10.1. The molecule has 0 aliphatic carbocycles. The van der Waals surface area contributed by atoms with Crippen molar-refractivity contribution < 1.29 is 4.74 Å². The monoisotopic (exact) mass is 398 g/mol. The molecule has 1 fully saturated rings. The van der Waals surface area contributed by atoms with E-state index < -0.39 is 0 Å². The van der Waals surface area contributed by atoms with Gasteiger partial charge in [-0.25, -0.2) is 4.98 Å². The molecule has 0 atom stereocenters. The molecule has 0 radical (unpaired) electrons. The van der Waals surface area contributed by atoms with Gasteiger partial charge in [-0.1, -0.05) is 30.3 Å². The van der Waals surface area contributed by atoms with Gasteiger partial charge < -0.3 is 14.5 Å². The Morgan fingerprint density at radius 3 is 2.33 bits per heavy atom. The summed E-state index contributed by atoms with van der Waals surface area (Å²) in [4.78, 5) is 7.52. The predicted octanol–water partition coefficient (Wildman–Crippen LogP) is 4.08. The molecule has 0 bridgehead atoms. The normalized spacial score (nSPS) is 14.8. The molecule has 0 amide bonds. The Labute approximate surface area is 176 Å². The highest BCUT2D eigenvalue weighted by Gasteiger charge is 2.19. The van der Waals surface area contributed by atoms with E-state index in [1.165, 1.54) is 16.8 Å². The minimum Gasteiger partial charge on any atom is -0.497 e. The van der Waals surface area contributed by atoms with Crippen LogP contribution in [0.15, 0.2) is 72.9 Å². The Morgan fingerprint density at radius 1 is 0.867 bits per heavy atom. The molecule has 3 heterocycles. The van der Waals surface area contributed by atoms with E-state index >= 15 is 0 Å². The van der Waals surface area contributed by atoms with Gasteiger partial charge in [-0.15, -0.1) is 0 Å². The molecule has 1 aliphatic rings. The van der Waals surface area contributed by atoms with Crippen LogP contribution < -0.4 is 10.1 Å². The van der Waals surface area contributed by atoms with Crippen molar-refractivity contribution in [3.05, 3.63) is 78.6 Å². The molecule has 1 saturated heterocycles. The first-order valence-corrected chi connectivity index (χ1v) is 10.5. The van der Waals surface area contributed by atoms with Gasteiger partial charge in [-0.05, 0) is 47.5 Å². The Balaban J connectivity index is 1.62. The number of fused-ring (bicyclic) bond motifs is 1. The number of aromatic nitrogens is 2. The van der Waals surface area contributed by atoms with Gasteiger partial charge in [0.05, 0.1) is 18.5 Å². The number of ether oxygens (including phenoxy) is 1. The van der Waals surface area contributed by atoms with Crippen molar-refractivity contribution in [1.82, 2.24) is 19.6 Å². The number of rotatable bonds is 5. The van der Waals surface area contributed by atoms with Crippen LogP contribution in [-0.4, -0.2) is 47.6 Å². The number of hydrogen-bond donors (Lipinski definition) is 1. The molecular weight excluding hydrogens is 372 g/mol. The van der Waals surface area contributed by atoms with Crippen LogP contribution >= 0.6 is 0 Å². The van der Waals surface area contributed by atoms with Gasteiger partial charge in [0.25, 0.3) is 0 Å². The second kappa shape index (κ2) is 8.30. The first-order chi connectivity index (χ1) is 14.8. The van der Waals surface area contributed by atoms with Gasteiger partial charge in [-0.2, -0.15) is 0 Å². The van der Waals surface area contributed by atoms with E-state index in [0.717, 1.165) is 55.4 Å². The number of methoxy groups -OCH3 is 1. The maximum atomic E-state index is 5.34. The third-order valence-electron chi connectivity index (χ3n) is 5.77. The minimum absolute atomic E-state index is 0.859. The van der Waals surface area contributed by atoms with Crippen molar-refractivity contribution >= 4 is 5.65 Å². The number of piperazine rings is 1. The maximum absolute atomic E-state index is 5.34. The summed E-state index contributed by atoms with van der Waals surface area (Å²) < 4.78 is 7.61. The highest BCUT2D eigenvalue weighted by atomic mass is 16.5. The van der Waals surface area contributed by atoms with E-state index in [1.54, 1.807) is 7.11 Å². The van der Waals surface area contributed by atoms with Crippen molar-refractivity contribution in [2.75, 3.05) is 33.3 Å². The van der Waals surface area contributed by atoms with E-state index in [0.29, 0.717) is 0 Å². The molecule has 152 valence electrons. The average molecular weight is 399 g/mol. The summed E-state index contributed by atoms with van der Waals surface area (Å²) in [5, 5.41) is 3.44. The van der Waals surface area contributed by atoms with Crippen LogP contribution in [0.5, 0.6) is 5.75 Å². The van der Waals surface area contributed by atoms with Crippen LogP contribution in [0.25, 0.3) is 28.0 Å². The highest BCUT2D eigenvalue weighted by molar-refractivity contribution is 5.70. The summed E-state index contributed by atoms with van der Waals surface area (Å²) in [5.41, 5.74) is 6.78. The summed E-state index contributed by atoms with van der Waals surface area (Å²) in [6.07, 6.45) is 2.22. The molecule has 5 rings (SSSR count). The van der Waals surface area contributed by atoms with Crippen LogP contribution in [0.2, 0.25) is 0 Å². The molecule has 0 spiro atoms. The fraction of sp³-hybridized carbons (Fsp3) is 0.240. The Hall–Kier alpha value is -3.15. The fourth-order valence-electron chi connectivity index (χ4n) is 4.11. The third-order valence-corrected chi connectivity index (χ3v) is 5.77. The Kier molecular flexibility index (Phi) is 5.22. The Morgan fingerprint density at radius 2 is 1.60 bits per heavy atom. The summed E-state index contributed by atoms with van der Waals surface area (Å²) >= 11 is 0. The second-order valence-electron chi connectivity index (χ2n) is 7.67. The van der Waals surface area contributed by atoms with Crippen molar-refractivity contribution in [1.29, 1.82) is 0 Å². The smallest absolute Gasteiger partial charge is 0.137 e. The van der Waals surface area contributed by atoms with Crippen LogP contribution in [0.4, 0.5) is 0 Å². The van der Waals surface area contributed by atoms with E-state index in [1.807, 2.05) is 12.1 Å². The predicted molar refractivity (Wildman–Crippen MR) is 121 cm³/mol. The zero-order valence-corrected chi connectivity index (χ0v) is 17.2. The number of nitrogens with zero attached hydrogens (tertiary/aromatic N) is 3. The summed E-state index contributed by atoms with van der Waals surface area (Å²) in [5.74, 6) is 0.859. The van der Waals surface area contributed by atoms with E-state index in [2.05, 4.69) is 75.4 Å². The minimum atomic E-state index is 0.859. The molecule has 5 heteroatoms. The van der Waals surface area contributed by atoms with Crippen LogP contribution in [-0.2, 0) is 6.54 Å². The molecule has 30 heavy (non-hydrogen) atoms. The summed E-state index contributed by atoms with van der Waals surface area (Å²) in [6.45, 7) is 5.04. The molecular formula is C25H26N4O. The quantitative estimate of drug-likeness (QED) is 0.550. The van der Waals surface area contributed by atoms with Gasteiger partial charge in [0.1, 0.15) is 11.4 Å². The van der Waals surface area contributed by atoms with Crippen LogP contribution in [0.1, 0.15) is 5.69 Å².